The SMILES string of the molecule is CC(C)NC(=O)C(C)n1nnc(C(=O)O)c1C1CC1. The third-order valence-electron chi connectivity index (χ3n) is 3.07. The number of hydrogen-bond acceptors (Lipinski definition) is 4. The Bertz CT molecular complexity index is 505. The summed E-state index contributed by atoms with van der Waals surface area (Å²) >= 11 is 0. The molecule has 1 heterocycles. The van der Waals surface area contributed by atoms with Crippen LogP contribution >= 0.6 is 0 Å². The lowest BCUT2D eigenvalue weighted by Crippen LogP contribution is -2.36. The zero-order chi connectivity index (χ0) is 14.2. The number of nitrogens with zero attached hydrogens (tertiary/aromatic N) is 3. The van der Waals surface area contributed by atoms with Crippen molar-refractivity contribution in [3.8, 4) is 0 Å². The van der Waals surface area contributed by atoms with Crippen LogP contribution in [0.25, 0.3) is 0 Å². The number of amides is 1. The quantitative estimate of drug-likeness (QED) is 0.826. The van der Waals surface area contributed by atoms with Gasteiger partial charge in [-0.15, -0.1) is 5.10 Å². The van der Waals surface area contributed by atoms with Crippen molar-refractivity contribution in [3.05, 3.63) is 11.4 Å². The molecular formula is C12H18N4O3. The Balaban J connectivity index is 2.29. The molecule has 1 aromatic rings. The third kappa shape index (κ3) is 2.74. The van der Waals surface area contributed by atoms with E-state index in [1.807, 2.05) is 13.8 Å². The highest BCUT2D eigenvalue weighted by Gasteiger charge is 2.36. The lowest BCUT2D eigenvalue weighted by atomic mass is 10.2. The smallest absolute Gasteiger partial charge is 0.358 e. The minimum atomic E-state index is -1.09. The summed E-state index contributed by atoms with van der Waals surface area (Å²) in [5.41, 5.74) is 0.533. The molecule has 1 aromatic heterocycles. The van der Waals surface area contributed by atoms with Gasteiger partial charge in [-0.1, -0.05) is 5.21 Å². The van der Waals surface area contributed by atoms with Gasteiger partial charge in [-0.25, -0.2) is 9.48 Å². The van der Waals surface area contributed by atoms with Crippen molar-refractivity contribution in [2.24, 2.45) is 0 Å². The van der Waals surface area contributed by atoms with E-state index in [0.29, 0.717) is 5.69 Å². The topological polar surface area (TPSA) is 97.1 Å². The highest BCUT2D eigenvalue weighted by atomic mass is 16.4. The highest BCUT2D eigenvalue weighted by molar-refractivity contribution is 5.87. The first kappa shape index (κ1) is 13.5. The Hall–Kier alpha value is -1.92. The molecule has 1 aliphatic rings. The molecule has 0 saturated heterocycles. The molecule has 0 bridgehead atoms. The van der Waals surface area contributed by atoms with Crippen LogP contribution in [0.3, 0.4) is 0 Å². The van der Waals surface area contributed by atoms with Gasteiger partial charge < -0.3 is 10.4 Å². The van der Waals surface area contributed by atoms with E-state index < -0.39 is 12.0 Å². The summed E-state index contributed by atoms with van der Waals surface area (Å²) < 4.78 is 1.44. The van der Waals surface area contributed by atoms with E-state index >= 15 is 0 Å². The van der Waals surface area contributed by atoms with E-state index in [-0.39, 0.29) is 23.6 Å². The molecule has 1 fully saturated rings. The summed E-state index contributed by atoms with van der Waals surface area (Å²) in [6.07, 6.45) is 1.85. The number of nitrogens with one attached hydrogen (secondary N) is 1. The Morgan fingerprint density at radius 2 is 2.00 bits per heavy atom. The van der Waals surface area contributed by atoms with Crippen LogP contribution in [0.2, 0.25) is 0 Å². The maximum Gasteiger partial charge on any atom is 0.358 e. The summed E-state index contributed by atoms with van der Waals surface area (Å²) in [4.78, 5) is 23.1. The summed E-state index contributed by atoms with van der Waals surface area (Å²) in [5, 5.41) is 19.4. The van der Waals surface area contributed by atoms with Crippen LogP contribution in [0.5, 0.6) is 0 Å². The normalized spacial score (nSPS) is 16.4. The predicted octanol–water partition coefficient (Wildman–Crippen LogP) is 0.939. The first-order valence-corrected chi connectivity index (χ1v) is 6.40. The molecule has 0 aromatic carbocycles. The van der Waals surface area contributed by atoms with Gasteiger partial charge in [-0.3, -0.25) is 4.79 Å². The third-order valence-corrected chi connectivity index (χ3v) is 3.07. The van der Waals surface area contributed by atoms with E-state index in [1.54, 1.807) is 6.92 Å². The second-order valence-corrected chi connectivity index (χ2v) is 5.19. The first-order valence-electron chi connectivity index (χ1n) is 6.40. The van der Waals surface area contributed by atoms with Crippen LogP contribution in [0.15, 0.2) is 0 Å². The fourth-order valence-electron chi connectivity index (χ4n) is 1.99. The Kier molecular flexibility index (Phi) is 3.55. The zero-order valence-electron chi connectivity index (χ0n) is 11.3. The maximum absolute atomic E-state index is 12.0. The van der Waals surface area contributed by atoms with Crippen LogP contribution in [0.4, 0.5) is 0 Å². The van der Waals surface area contributed by atoms with Gasteiger partial charge in [-0.2, -0.15) is 0 Å². The Labute approximate surface area is 111 Å². The summed E-state index contributed by atoms with van der Waals surface area (Å²) in [6, 6.07) is -0.527. The van der Waals surface area contributed by atoms with E-state index in [4.69, 9.17) is 5.11 Å². The molecule has 104 valence electrons. The molecule has 1 atom stereocenters. The monoisotopic (exact) mass is 266 g/mol. The van der Waals surface area contributed by atoms with E-state index in [1.165, 1.54) is 4.68 Å². The van der Waals surface area contributed by atoms with Gasteiger partial charge in [0.25, 0.3) is 0 Å². The molecule has 0 radical (unpaired) electrons. The van der Waals surface area contributed by atoms with E-state index in [2.05, 4.69) is 15.6 Å². The van der Waals surface area contributed by atoms with Crippen LogP contribution in [0.1, 0.15) is 61.8 Å². The van der Waals surface area contributed by atoms with Gasteiger partial charge in [0.2, 0.25) is 5.91 Å². The average Bonchev–Trinajstić information content (AvgIpc) is 3.05. The number of carboxylic acid groups (broad SMARTS) is 1. The van der Waals surface area contributed by atoms with Crippen LogP contribution < -0.4 is 5.32 Å². The van der Waals surface area contributed by atoms with Gasteiger partial charge in [0.05, 0.1) is 5.69 Å². The average molecular weight is 266 g/mol. The molecule has 7 heteroatoms. The fraction of sp³-hybridized carbons (Fsp3) is 0.667. The lowest BCUT2D eigenvalue weighted by Gasteiger charge is -2.16. The van der Waals surface area contributed by atoms with Crippen molar-refractivity contribution in [1.29, 1.82) is 0 Å². The van der Waals surface area contributed by atoms with Gasteiger partial charge in [0.15, 0.2) is 5.69 Å². The second kappa shape index (κ2) is 4.99. The van der Waals surface area contributed by atoms with Crippen LogP contribution in [-0.4, -0.2) is 38.0 Å². The van der Waals surface area contributed by atoms with Crippen molar-refractivity contribution in [2.75, 3.05) is 0 Å². The zero-order valence-corrected chi connectivity index (χ0v) is 11.3. The Morgan fingerprint density at radius 1 is 1.37 bits per heavy atom. The number of aromatic nitrogens is 3. The number of aromatic carboxylic acids is 1. The number of carbonyl (C=O) groups excluding carboxylic acids is 1. The first-order chi connectivity index (χ1) is 8.91. The second-order valence-electron chi connectivity index (χ2n) is 5.19. The predicted molar refractivity (Wildman–Crippen MR) is 66.9 cm³/mol. The van der Waals surface area contributed by atoms with Gasteiger partial charge in [-0.05, 0) is 33.6 Å². The molecule has 2 rings (SSSR count). The van der Waals surface area contributed by atoms with Crippen molar-refractivity contribution in [3.63, 3.8) is 0 Å². The largest absolute Gasteiger partial charge is 0.476 e. The molecule has 7 nitrogen and oxygen atoms in total. The van der Waals surface area contributed by atoms with Crippen LogP contribution in [-0.2, 0) is 4.79 Å². The summed E-state index contributed by atoms with van der Waals surface area (Å²) in [7, 11) is 0. The van der Waals surface area contributed by atoms with Crippen LogP contribution in [0, 0.1) is 0 Å². The van der Waals surface area contributed by atoms with Crippen molar-refractivity contribution < 1.29 is 14.7 Å². The lowest BCUT2D eigenvalue weighted by molar-refractivity contribution is -0.124. The standard InChI is InChI=1S/C12H18N4O3/c1-6(2)13-11(17)7(3)16-10(8-4-5-8)9(12(18)19)14-15-16/h6-8H,4-5H2,1-3H3,(H,13,17)(H,18,19). The highest BCUT2D eigenvalue weighted by Crippen LogP contribution is 2.41. The van der Waals surface area contributed by atoms with E-state index in [0.717, 1.165) is 12.8 Å². The number of carbonyl (C=O) groups is 2. The number of hydrogen-bond donors (Lipinski definition) is 2. The van der Waals surface area contributed by atoms with Crippen molar-refractivity contribution in [1.82, 2.24) is 20.3 Å². The molecular weight excluding hydrogens is 248 g/mol. The number of rotatable bonds is 5. The minimum Gasteiger partial charge on any atom is -0.476 e. The van der Waals surface area contributed by atoms with Gasteiger partial charge in [0, 0.05) is 12.0 Å². The molecule has 19 heavy (non-hydrogen) atoms. The Morgan fingerprint density at radius 3 is 2.47 bits per heavy atom. The van der Waals surface area contributed by atoms with Crippen molar-refractivity contribution in [2.45, 2.75) is 51.6 Å². The minimum absolute atomic E-state index is 0.0294. The van der Waals surface area contributed by atoms with Gasteiger partial charge >= 0.3 is 5.97 Å². The molecule has 2 N–H and O–H groups in total. The maximum atomic E-state index is 12.0. The van der Waals surface area contributed by atoms with E-state index in [9.17, 15) is 9.59 Å². The molecule has 1 unspecified atom stereocenters. The summed E-state index contributed by atoms with van der Waals surface area (Å²) in [6.45, 7) is 5.44. The molecule has 0 spiro atoms. The fourth-order valence-corrected chi connectivity index (χ4v) is 1.99. The molecule has 1 aliphatic carbocycles. The van der Waals surface area contributed by atoms with Gasteiger partial charge in [0.1, 0.15) is 6.04 Å². The molecule has 1 amide bonds. The molecule has 1 saturated carbocycles. The number of carboxylic acids is 1. The summed E-state index contributed by atoms with van der Waals surface area (Å²) in [5.74, 6) is -1.11. The molecule has 0 aliphatic heterocycles. The van der Waals surface area contributed by atoms with Crippen molar-refractivity contribution >= 4 is 11.9 Å².